The molecule has 6 heteroatoms. The highest BCUT2D eigenvalue weighted by Crippen LogP contribution is 2.30. The third kappa shape index (κ3) is 3.59. The lowest BCUT2D eigenvalue weighted by Crippen LogP contribution is -2.32. The zero-order valence-corrected chi connectivity index (χ0v) is 16.6. The van der Waals surface area contributed by atoms with Gasteiger partial charge >= 0.3 is 0 Å². The van der Waals surface area contributed by atoms with Gasteiger partial charge in [0.2, 0.25) is 0 Å². The summed E-state index contributed by atoms with van der Waals surface area (Å²) < 4.78 is 25.4. The van der Waals surface area contributed by atoms with Crippen LogP contribution in [0.15, 0.2) is 59.5 Å². The first-order valence-electron chi connectivity index (χ1n) is 9.90. The first kappa shape index (κ1) is 19.2. The third-order valence-corrected chi connectivity index (χ3v) is 8.33. The molecule has 2 N–H and O–H groups in total. The molecule has 4 rings (SSSR count). The van der Waals surface area contributed by atoms with E-state index in [1.54, 1.807) is 29.2 Å². The van der Waals surface area contributed by atoms with Gasteiger partial charge in [-0.1, -0.05) is 43.2 Å². The molecule has 1 saturated heterocycles. The minimum absolute atomic E-state index is 0.0984. The summed E-state index contributed by atoms with van der Waals surface area (Å²) in [5.74, 6) is 0.0193. The molecule has 2 aromatic carbocycles. The number of benzene rings is 2. The van der Waals surface area contributed by atoms with E-state index >= 15 is 0 Å². The van der Waals surface area contributed by atoms with E-state index in [-0.39, 0.29) is 23.1 Å². The Labute approximate surface area is 166 Å². The van der Waals surface area contributed by atoms with Crippen LogP contribution in [0.25, 0.3) is 0 Å². The van der Waals surface area contributed by atoms with Gasteiger partial charge in [0.1, 0.15) is 0 Å². The summed E-state index contributed by atoms with van der Waals surface area (Å²) in [4.78, 5) is 15.0. The normalized spacial score (nSPS) is 23.2. The monoisotopic (exact) mass is 398 g/mol. The van der Waals surface area contributed by atoms with Crippen LogP contribution >= 0.6 is 0 Å². The Morgan fingerprint density at radius 2 is 1.57 bits per heavy atom. The van der Waals surface area contributed by atoms with Gasteiger partial charge in [0.15, 0.2) is 9.84 Å². The molecule has 1 heterocycles. The molecule has 2 fully saturated rings. The lowest BCUT2D eigenvalue weighted by Gasteiger charge is -2.17. The van der Waals surface area contributed by atoms with Gasteiger partial charge in [-0.15, -0.1) is 0 Å². The minimum Gasteiger partial charge on any atom is -0.336 e. The Morgan fingerprint density at radius 1 is 0.929 bits per heavy atom. The summed E-state index contributed by atoms with van der Waals surface area (Å²) in [7, 11) is -3.30. The fourth-order valence-electron chi connectivity index (χ4n) is 4.41. The smallest absolute Gasteiger partial charge is 0.253 e. The van der Waals surface area contributed by atoms with E-state index in [1.165, 1.54) is 0 Å². The molecule has 1 aliphatic heterocycles. The second-order valence-corrected chi connectivity index (χ2v) is 10.1. The number of carbonyl (C=O) groups is 1. The molecule has 2 aromatic rings. The maximum absolute atomic E-state index is 12.9. The van der Waals surface area contributed by atoms with Crippen LogP contribution in [0.2, 0.25) is 0 Å². The summed E-state index contributed by atoms with van der Waals surface area (Å²) in [6, 6.07) is 16.3. The van der Waals surface area contributed by atoms with Crippen LogP contribution in [-0.2, 0) is 9.84 Å². The number of carbonyl (C=O) groups excluding carboxylic acids is 1. The summed E-state index contributed by atoms with van der Waals surface area (Å²) in [5.41, 5.74) is 7.94. The molecule has 1 saturated carbocycles. The largest absolute Gasteiger partial charge is 0.336 e. The molecule has 2 aliphatic rings. The van der Waals surface area contributed by atoms with Crippen LogP contribution in [0, 0.1) is 0 Å². The first-order valence-corrected chi connectivity index (χ1v) is 11.5. The first-order chi connectivity index (χ1) is 13.5. The van der Waals surface area contributed by atoms with E-state index in [9.17, 15) is 13.2 Å². The van der Waals surface area contributed by atoms with Gasteiger partial charge in [-0.2, -0.15) is 0 Å². The molecule has 0 radical (unpaired) electrons. The van der Waals surface area contributed by atoms with Gasteiger partial charge in [0, 0.05) is 30.6 Å². The zero-order chi connectivity index (χ0) is 19.7. The minimum atomic E-state index is -3.30. The van der Waals surface area contributed by atoms with Gasteiger partial charge in [0.05, 0.1) is 10.1 Å². The zero-order valence-electron chi connectivity index (χ0n) is 15.8. The van der Waals surface area contributed by atoms with Crippen LogP contribution < -0.4 is 5.73 Å². The van der Waals surface area contributed by atoms with Crippen molar-refractivity contribution in [1.29, 1.82) is 0 Å². The summed E-state index contributed by atoms with van der Waals surface area (Å²) in [5, 5.41) is -0.280. The van der Waals surface area contributed by atoms with Crippen LogP contribution in [0.5, 0.6) is 0 Å². The van der Waals surface area contributed by atoms with Crippen LogP contribution in [0.4, 0.5) is 0 Å². The van der Waals surface area contributed by atoms with Crippen LogP contribution in [-0.4, -0.2) is 43.6 Å². The molecular formula is C22H26N2O3S. The van der Waals surface area contributed by atoms with Gasteiger partial charge in [-0.25, -0.2) is 8.42 Å². The van der Waals surface area contributed by atoms with Crippen molar-refractivity contribution in [2.45, 2.75) is 47.8 Å². The number of nitrogens with two attached hydrogens (primary N) is 1. The number of nitrogens with zero attached hydrogens (tertiary/aromatic N) is 1. The van der Waals surface area contributed by atoms with E-state index < -0.39 is 9.84 Å². The van der Waals surface area contributed by atoms with Gasteiger partial charge in [-0.05, 0) is 42.7 Å². The Balaban J connectivity index is 1.48. The van der Waals surface area contributed by atoms with Crippen molar-refractivity contribution in [2.75, 3.05) is 13.1 Å². The van der Waals surface area contributed by atoms with E-state index in [2.05, 4.69) is 0 Å². The Morgan fingerprint density at radius 3 is 2.21 bits per heavy atom. The molecule has 2 atom stereocenters. The lowest BCUT2D eigenvalue weighted by atomic mass is 9.95. The number of hydrogen-bond acceptors (Lipinski definition) is 4. The number of amides is 1. The second kappa shape index (κ2) is 7.68. The number of sulfone groups is 1. The van der Waals surface area contributed by atoms with Gasteiger partial charge in [-0.3, -0.25) is 4.79 Å². The molecule has 28 heavy (non-hydrogen) atoms. The second-order valence-electron chi connectivity index (χ2n) is 7.87. The van der Waals surface area contributed by atoms with Gasteiger partial charge < -0.3 is 10.6 Å². The van der Waals surface area contributed by atoms with Crippen molar-refractivity contribution in [1.82, 2.24) is 4.90 Å². The highest BCUT2D eigenvalue weighted by atomic mass is 32.2. The molecule has 0 aromatic heterocycles. The maximum Gasteiger partial charge on any atom is 0.253 e. The molecule has 0 bridgehead atoms. The summed E-state index contributed by atoms with van der Waals surface area (Å²) >= 11 is 0. The average molecular weight is 399 g/mol. The summed E-state index contributed by atoms with van der Waals surface area (Å²) in [6.45, 7) is 1.08. The Bertz CT molecular complexity index is 936. The Kier molecular flexibility index (Phi) is 5.25. The van der Waals surface area contributed by atoms with E-state index in [4.69, 9.17) is 5.73 Å². The maximum atomic E-state index is 12.9. The Hall–Kier alpha value is -2.18. The standard InChI is InChI=1S/C22H26N2O3S/c23-21-15-24(14-20(21)16-6-2-1-3-7-16)22(25)17-10-12-19(13-11-17)28(26,27)18-8-4-5-9-18/h1-3,6-7,10-13,18,20-21H,4-5,8-9,14-15,23H2/t20-,21+/m0/s1. The van der Waals surface area contributed by atoms with E-state index in [0.717, 1.165) is 31.2 Å². The molecule has 0 spiro atoms. The van der Waals surface area contributed by atoms with Crippen molar-refractivity contribution in [3.05, 3.63) is 65.7 Å². The molecular weight excluding hydrogens is 372 g/mol. The van der Waals surface area contributed by atoms with Crippen molar-refractivity contribution in [2.24, 2.45) is 5.73 Å². The average Bonchev–Trinajstić information content (AvgIpc) is 3.39. The molecule has 0 unspecified atom stereocenters. The SMILES string of the molecule is N[C@@H]1CN(C(=O)c2ccc(S(=O)(=O)C3CCCC3)cc2)C[C@H]1c1ccccc1. The number of hydrogen-bond donors (Lipinski definition) is 1. The number of likely N-dealkylation sites (tertiary alicyclic amines) is 1. The topological polar surface area (TPSA) is 80.5 Å². The predicted molar refractivity (Wildman–Crippen MR) is 109 cm³/mol. The number of rotatable bonds is 4. The fraction of sp³-hybridized carbons (Fsp3) is 0.409. The van der Waals surface area contributed by atoms with Crippen LogP contribution in [0.3, 0.4) is 0 Å². The van der Waals surface area contributed by atoms with Crippen molar-refractivity contribution in [3.8, 4) is 0 Å². The molecule has 148 valence electrons. The molecule has 5 nitrogen and oxygen atoms in total. The quantitative estimate of drug-likeness (QED) is 0.859. The van der Waals surface area contributed by atoms with Crippen LogP contribution in [0.1, 0.15) is 47.5 Å². The van der Waals surface area contributed by atoms with Crippen molar-refractivity contribution >= 4 is 15.7 Å². The van der Waals surface area contributed by atoms with E-state index in [0.29, 0.717) is 23.5 Å². The summed E-state index contributed by atoms with van der Waals surface area (Å²) in [6.07, 6.45) is 3.40. The molecule has 1 amide bonds. The van der Waals surface area contributed by atoms with Gasteiger partial charge in [0.25, 0.3) is 5.91 Å². The van der Waals surface area contributed by atoms with Crippen molar-refractivity contribution < 1.29 is 13.2 Å². The fourth-order valence-corrected chi connectivity index (χ4v) is 6.26. The highest BCUT2D eigenvalue weighted by Gasteiger charge is 2.34. The third-order valence-electron chi connectivity index (χ3n) is 6.05. The predicted octanol–water partition coefficient (Wildman–Crippen LogP) is 2.97. The molecule has 1 aliphatic carbocycles. The highest BCUT2D eigenvalue weighted by molar-refractivity contribution is 7.92. The van der Waals surface area contributed by atoms with E-state index in [1.807, 2.05) is 30.3 Å². The lowest BCUT2D eigenvalue weighted by molar-refractivity contribution is 0.0789. The van der Waals surface area contributed by atoms with Crippen molar-refractivity contribution in [3.63, 3.8) is 0 Å².